The van der Waals surface area contributed by atoms with Gasteiger partial charge in [-0.1, -0.05) is 18.2 Å². The molecule has 0 bridgehead atoms. The first-order chi connectivity index (χ1) is 13.7. The molecule has 0 amide bonds. The third-order valence-electron chi connectivity index (χ3n) is 4.80. The maximum atomic E-state index is 9.94. The van der Waals surface area contributed by atoms with E-state index in [1.807, 2.05) is 31.2 Å². The summed E-state index contributed by atoms with van der Waals surface area (Å²) in [6, 6.07) is 13.4. The Labute approximate surface area is 166 Å². The number of nitrogens with zero attached hydrogens (tertiary/aromatic N) is 2. The molecule has 0 spiro atoms. The van der Waals surface area contributed by atoms with Crippen LogP contribution in [0.2, 0.25) is 0 Å². The van der Waals surface area contributed by atoms with Gasteiger partial charge in [0, 0.05) is 24.9 Å². The Hall–Kier alpha value is -2.57. The molecule has 6 nitrogen and oxygen atoms in total. The van der Waals surface area contributed by atoms with Crippen LogP contribution >= 0.6 is 0 Å². The summed E-state index contributed by atoms with van der Waals surface area (Å²) in [5.41, 5.74) is 1.84. The van der Waals surface area contributed by atoms with E-state index < -0.39 is 0 Å². The van der Waals surface area contributed by atoms with E-state index in [1.165, 1.54) is 0 Å². The molecule has 1 N–H and O–H groups in total. The molecule has 6 heteroatoms. The molecule has 28 heavy (non-hydrogen) atoms. The number of rotatable bonds is 8. The predicted molar refractivity (Wildman–Crippen MR) is 110 cm³/mol. The lowest BCUT2D eigenvalue weighted by Gasteiger charge is -2.34. The number of phenolic OH excluding ortho intramolecular Hbond substituents is 1. The van der Waals surface area contributed by atoms with Crippen molar-refractivity contribution < 1.29 is 19.3 Å². The highest BCUT2D eigenvalue weighted by atomic mass is 16.5. The molecular weight excluding hydrogens is 356 g/mol. The van der Waals surface area contributed by atoms with Crippen LogP contribution in [0.4, 0.5) is 0 Å². The van der Waals surface area contributed by atoms with Crippen LogP contribution in [0.25, 0.3) is 0 Å². The third kappa shape index (κ3) is 5.03. The Morgan fingerprint density at radius 1 is 1.18 bits per heavy atom. The highest BCUT2D eigenvalue weighted by Gasteiger charge is 2.23. The second kappa shape index (κ2) is 10.1. The van der Waals surface area contributed by atoms with Crippen LogP contribution < -0.4 is 9.47 Å². The maximum absolute atomic E-state index is 9.94. The summed E-state index contributed by atoms with van der Waals surface area (Å²) in [5, 5.41) is 9.94. The van der Waals surface area contributed by atoms with Gasteiger partial charge in [-0.15, -0.1) is 0 Å². The maximum Gasteiger partial charge on any atom is 0.161 e. The summed E-state index contributed by atoms with van der Waals surface area (Å²) in [5.74, 6) is 1.70. The van der Waals surface area contributed by atoms with Gasteiger partial charge in [0.25, 0.3) is 0 Å². The van der Waals surface area contributed by atoms with Crippen LogP contribution in [0.3, 0.4) is 0 Å². The van der Waals surface area contributed by atoms with E-state index >= 15 is 0 Å². The van der Waals surface area contributed by atoms with Crippen molar-refractivity contribution in [1.29, 1.82) is 0 Å². The van der Waals surface area contributed by atoms with E-state index in [4.69, 9.17) is 14.2 Å². The number of aliphatic imine (C=N–C) groups is 1. The molecule has 1 aliphatic rings. The zero-order valence-corrected chi connectivity index (χ0v) is 16.5. The molecule has 1 fully saturated rings. The molecule has 2 aromatic rings. The van der Waals surface area contributed by atoms with Crippen molar-refractivity contribution in [2.45, 2.75) is 13.0 Å². The Kier molecular flexibility index (Phi) is 7.28. The zero-order valence-electron chi connectivity index (χ0n) is 16.5. The van der Waals surface area contributed by atoms with Crippen LogP contribution in [0.15, 0.2) is 47.5 Å². The van der Waals surface area contributed by atoms with Crippen molar-refractivity contribution in [3.63, 3.8) is 0 Å². The Morgan fingerprint density at radius 3 is 2.68 bits per heavy atom. The van der Waals surface area contributed by atoms with Crippen LogP contribution in [0, 0.1) is 0 Å². The number of aromatic hydroxyl groups is 1. The normalized spacial score (nSPS) is 16.2. The summed E-state index contributed by atoms with van der Waals surface area (Å²) in [6.07, 6.45) is 1.73. The predicted octanol–water partition coefficient (Wildman–Crippen LogP) is 3.29. The van der Waals surface area contributed by atoms with Crippen LogP contribution in [-0.4, -0.2) is 62.8 Å². The average Bonchev–Trinajstić information content (AvgIpc) is 2.74. The minimum atomic E-state index is 0.0931. The smallest absolute Gasteiger partial charge is 0.161 e. The lowest BCUT2D eigenvalue weighted by atomic mass is 10.0. The fourth-order valence-corrected chi connectivity index (χ4v) is 3.33. The minimum Gasteiger partial charge on any atom is -0.507 e. The summed E-state index contributed by atoms with van der Waals surface area (Å²) >= 11 is 0. The van der Waals surface area contributed by atoms with E-state index in [0.717, 1.165) is 30.2 Å². The molecule has 0 radical (unpaired) electrons. The van der Waals surface area contributed by atoms with E-state index in [-0.39, 0.29) is 11.8 Å². The van der Waals surface area contributed by atoms with Gasteiger partial charge in [0.15, 0.2) is 11.5 Å². The van der Waals surface area contributed by atoms with Crippen LogP contribution in [-0.2, 0) is 4.74 Å². The molecule has 2 aromatic carbocycles. The largest absolute Gasteiger partial charge is 0.507 e. The van der Waals surface area contributed by atoms with Gasteiger partial charge < -0.3 is 19.3 Å². The average molecular weight is 384 g/mol. The molecule has 1 aliphatic heterocycles. The molecule has 150 valence electrons. The quantitative estimate of drug-likeness (QED) is 0.708. The van der Waals surface area contributed by atoms with Crippen molar-refractivity contribution in [3.05, 3.63) is 53.6 Å². The number of hydrogen-bond acceptors (Lipinski definition) is 6. The van der Waals surface area contributed by atoms with Gasteiger partial charge in [-0.25, -0.2) is 0 Å². The number of morpholine rings is 1. The molecule has 1 saturated heterocycles. The molecule has 1 atom stereocenters. The Balaban J connectivity index is 1.83. The van der Waals surface area contributed by atoms with Gasteiger partial charge in [0.05, 0.1) is 39.5 Å². The number of benzene rings is 2. The number of para-hydroxylation sites is 1. The standard InChI is InChI=1S/C22H28N2O4/c1-3-28-21-9-8-17(14-22(21)26-2)19(24-10-12-27-13-11-24)16-23-15-18-6-4-5-7-20(18)25/h4-9,14-15,19,25H,3,10-13,16H2,1-2H3/t19-/m0/s1. The molecule has 0 aromatic heterocycles. The monoisotopic (exact) mass is 384 g/mol. The first kappa shape index (κ1) is 20.2. The summed E-state index contributed by atoms with van der Waals surface area (Å²) in [7, 11) is 1.65. The lowest BCUT2D eigenvalue weighted by molar-refractivity contribution is 0.0180. The third-order valence-corrected chi connectivity index (χ3v) is 4.80. The summed E-state index contributed by atoms with van der Waals surface area (Å²) in [4.78, 5) is 7.00. The van der Waals surface area contributed by atoms with E-state index in [0.29, 0.717) is 31.9 Å². The SMILES string of the molecule is CCOc1ccc([C@H](CN=Cc2ccccc2O)N2CCOCC2)cc1OC. The van der Waals surface area contributed by atoms with E-state index in [2.05, 4.69) is 16.0 Å². The van der Waals surface area contributed by atoms with E-state index in [9.17, 15) is 5.11 Å². The number of methoxy groups -OCH3 is 1. The van der Waals surface area contributed by atoms with Gasteiger partial charge in [0.1, 0.15) is 5.75 Å². The van der Waals surface area contributed by atoms with Crippen molar-refractivity contribution in [1.82, 2.24) is 4.90 Å². The second-order valence-corrected chi connectivity index (χ2v) is 6.56. The van der Waals surface area contributed by atoms with Crippen molar-refractivity contribution >= 4 is 6.21 Å². The first-order valence-corrected chi connectivity index (χ1v) is 9.63. The highest BCUT2D eigenvalue weighted by Crippen LogP contribution is 2.32. The fraction of sp³-hybridized carbons (Fsp3) is 0.409. The number of phenols is 1. The van der Waals surface area contributed by atoms with Crippen molar-refractivity contribution in [2.75, 3.05) is 46.6 Å². The molecule has 0 aliphatic carbocycles. The summed E-state index contributed by atoms with van der Waals surface area (Å²) < 4.78 is 16.7. The first-order valence-electron chi connectivity index (χ1n) is 9.63. The molecule has 3 rings (SSSR count). The molecule has 1 heterocycles. The van der Waals surface area contributed by atoms with Gasteiger partial charge in [-0.2, -0.15) is 0 Å². The molecule has 0 unspecified atom stereocenters. The van der Waals surface area contributed by atoms with E-state index in [1.54, 1.807) is 25.5 Å². The number of hydrogen-bond donors (Lipinski definition) is 1. The molecular formula is C22H28N2O4. The topological polar surface area (TPSA) is 63.5 Å². The van der Waals surface area contributed by atoms with Gasteiger partial charge in [-0.3, -0.25) is 9.89 Å². The number of ether oxygens (including phenoxy) is 3. The van der Waals surface area contributed by atoms with Gasteiger partial charge in [-0.05, 0) is 36.8 Å². The summed E-state index contributed by atoms with van der Waals surface area (Å²) in [6.45, 7) is 6.26. The van der Waals surface area contributed by atoms with Crippen molar-refractivity contribution in [3.8, 4) is 17.2 Å². The minimum absolute atomic E-state index is 0.0931. The van der Waals surface area contributed by atoms with Crippen LogP contribution in [0.5, 0.6) is 17.2 Å². The van der Waals surface area contributed by atoms with Crippen molar-refractivity contribution in [2.24, 2.45) is 4.99 Å². The Morgan fingerprint density at radius 2 is 1.96 bits per heavy atom. The van der Waals surface area contributed by atoms with Gasteiger partial charge >= 0.3 is 0 Å². The van der Waals surface area contributed by atoms with Gasteiger partial charge in [0.2, 0.25) is 0 Å². The van der Waals surface area contributed by atoms with Crippen LogP contribution in [0.1, 0.15) is 24.1 Å². The second-order valence-electron chi connectivity index (χ2n) is 6.56. The fourth-order valence-electron chi connectivity index (χ4n) is 3.33. The highest BCUT2D eigenvalue weighted by molar-refractivity contribution is 5.83. The zero-order chi connectivity index (χ0) is 19.8. The Bertz CT molecular complexity index is 788. The lowest BCUT2D eigenvalue weighted by Crippen LogP contribution is -2.40. The molecule has 0 saturated carbocycles.